The van der Waals surface area contributed by atoms with Gasteiger partial charge in [0.15, 0.2) is 11.6 Å². The largest absolute Gasteiger partial charge is 0.291 e. The Bertz CT molecular complexity index is 205. The molecule has 0 aliphatic heterocycles. The lowest BCUT2D eigenvalue weighted by atomic mass is 10.2. The zero-order chi connectivity index (χ0) is 7.40. The Morgan fingerprint density at radius 1 is 1.80 bits per heavy atom. The summed E-state index contributed by atoms with van der Waals surface area (Å²) in [5, 5.41) is 6.08. The van der Waals surface area contributed by atoms with E-state index in [9.17, 15) is 4.79 Å². The van der Waals surface area contributed by atoms with Crippen molar-refractivity contribution in [2.75, 3.05) is 0 Å². The number of Topliss-reactive ketones (excluding diaryl/α,β-unsaturated/α-hetero) is 1. The average molecular weight is 139 g/mol. The summed E-state index contributed by atoms with van der Waals surface area (Å²) < 4.78 is 0. The van der Waals surface area contributed by atoms with Gasteiger partial charge in [-0.3, -0.25) is 9.89 Å². The molecule has 0 fully saturated rings. The highest BCUT2D eigenvalue weighted by molar-refractivity contribution is 5.92. The predicted molar refractivity (Wildman–Crippen MR) is 35.6 cm³/mol. The zero-order valence-corrected chi connectivity index (χ0v) is 5.79. The Balaban J connectivity index is 2.59. The molecule has 0 unspecified atom stereocenters. The van der Waals surface area contributed by atoms with Crippen LogP contribution in [0.3, 0.4) is 0 Å². The van der Waals surface area contributed by atoms with Crippen molar-refractivity contribution in [3.8, 4) is 0 Å². The van der Waals surface area contributed by atoms with Crippen molar-refractivity contribution in [1.82, 2.24) is 15.2 Å². The van der Waals surface area contributed by atoms with E-state index in [2.05, 4.69) is 15.2 Å². The molecule has 0 aliphatic rings. The summed E-state index contributed by atoms with van der Waals surface area (Å²) in [4.78, 5) is 14.7. The first-order chi connectivity index (χ1) is 4.84. The highest BCUT2D eigenvalue weighted by Crippen LogP contribution is 1.96. The number of nitrogens with one attached hydrogen (secondary N) is 1. The SMILES string of the molecule is CCCC(=O)c1ncn[nH]1. The lowest BCUT2D eigenvalue weighted by Gasteiger charge is -1.89. The number of ketones is 1. The summed E-state index contributed by atoms with van der Waals surface area (Å²) in [5.74, 6) is 0.391. The van der Waals surface area contributed by atoms with Crippen LogP contribution in [0.4, 0.5) is 0 Å². The maximum absolute atomic E-state index is 11.0. The molecular formula is C6H9N3O. The van der Waals surface area contributed by atoms with Gasteiger partial charge in [0.1, 0.15) is 6.33 Å². The van der Waals surface area contributed by atoms with E-state index in [1.54, 1.807) is 0 Å². The van der Waals surface area contributed by atoms with Gasteiger partial charge in [-0.15, -0.1) is 0 Å². The number of carbonyl (C=O) groups is 1. The molecule has 0 aliphatic carbocycles. The van der Waals surface area contributed by atoms with Crippen molar-refractivity contribution >= 4 is 5.78 Å². The number of carbonyl (C=O) groups excluding carboxylic acids is 1. The molecule has 1 aromatic heterocycles. The number of H-pyrrole nitrogens is 1. The van der Waals surface area contributed by atoms with E-state index in [1.807, 2.05) is 6.92 Å². The first kappa shape index (κ1) is 6.92. The molecule has 0 atom stereocenters. The molecule has 4 heteroatoms. The fourth-order valence-corrected chi connectivity index (χ4v) is 0.685. The van der Waals surface area contributed by atoms with Gasteiger partial charge in [0, 0.05) is 6.42 Å². The third kappa shape index (κ3) is 1.40. The van der Waals surface area contributed by atoms with Gasteiger partial charge >= 0.3 is 0 Å². The van der Waals surface area contributed by atoms with E-state index in [4.69, 9.17) is 0 Å². The minimum absolute atomic E-state index is 0.0278. The van der Waals surface area contributed by atoms with E-state index in [0.717, 1.165) is 6.42 Å². The number of hydrogen-bond donors (Lipinski definition) is 1. The van der Waals surface area contributed by atoms with Crippen molar-refractivity contribution < 1.29 is 4.79 Å². The minimum Gasteiger partial charge on any atom is -0.291 e. The first-order valence-electron chi connectivity index (χ1n) is 3.23. The first-order valence-corrected chi connectivity index (χ1v) is 3.23. The summed E-state index contributed by atoms with van der Waals surface area (Å²) in [6.07, 6.45) is 2.72. The normalized spacial score (nSPS) is 9.70. The molecule has 4 nitrogen and oxygen atoms in total. The van der Waals surface area contributed by atoms with Crippen LogP contribution in [0.15, 0.2) is 6.33 Å². The fraction of sp³-hybridized carbons (Fsp3) is 0.500. The van der Waals surface area contributed by atoms with Crippen molar-refractivity contribution in [3.63, 3.8) is 0 Å². The van der Waals surface area contributed by atoms with Crippen LogP contribution in [-0.2, 0) is 0 Å². The third-order valence-corrected chi connectivity index (χ3v) is 1.16. The molecule has 0 saturated heterocycles. The molecule has 0 bridgehead atoms. The molecule has 10 heavy (non-hydrogen) atoms. The number of hydrogen-bond acceptors (Lipinski definition) is 3. The van der Waals surface area contributed by atoms with Gasteiger partial charge in [-0.2, -0.15) is 5.10 Å². The number of rotatable bonds is 3. The fourth-order valence-electron chi connectivity index (χ4n) is 0.685. The van der Waals surface area contributed by atoms with Crippen molar-refractivity contribution in [2.45, 2.75) is 19.8 Å². The number of nitrogens with zero attached hydrogens (tertiary/aromatic N) is 2. The Labute approximate surface area is 58.7 Å². The van der Waals surface area contributed by atoms with Gasteiger partial charge < -0.3 is 0 Å². The molecule has 0 saturated carbocycles. The van der Waals surface area contributed by atoms with Gasteiger partial charge in [0.05, 0.1) is 0 Å². The molecule has 0 radical (unpaired) electrons. The van der Waals surface area contributed by atoms with Crippen LogP contribution in [0.2, 0.25) is 0 Å². The lowest BCUT2D eigenvalue weighted by Crippen LogP contribution is -2.00. The smallest absolute Gasteiger partial charge is 0.199 e. The molecule has 1 N–H and O–H groups in total. The van der Waals surface area contributed by atoms with Crippen LogP contribution in [0, 0.1) is 0 Å². The quantitative estimate of drug-likeness (QED) is 0.630. The van der Waals surface area contributed by atoms with Gasteiger partial charge in [0.25, 0.3) is 0 Å². The Morgan fingerprint density at radius 3 is 3.10 bits per heavy atom. The summed E-state index contributed by atoms with van der Waals surface area (Å²) >= 11 is 0. The minimum atomic E-state index is 0.0278. The monoisotopic (exact) mass is 139 g/mol. The molecule has 54 valence electrons. The van der Waals surface area contributed by atoms with Crippen LogP contribution in [0.25, 0.3) is 0 Å². The number of aromatic nitrogens is 3. The van der Waals surface area contributed by atoms with Crippen molar-refractivity contribution in [2.24, 2.45) is 0 Å². The standard InChI is InChI=1S/C6H9N3O/c1-2-3-5(10)6-7-4-8-9-6/h4H,2-3H2,1H3,(H,7,8,9). The summed E-state index contributed by atoms with van der Waals surface area (Å²) in [6, 6.07) is 0. The molecule has 1 rings (SSSR count). The molecule has 0 aromatic carbocycles. The van der Waals surface area contributed by atoms with Crippen molar-refractivity contribution in [3.05, 3.63) is 12.2 Å². The zero-order valence-electron chi connectivity index (χ0n) is 5.79. The second-order valence-electron chi connectivity index (χ2n) is 2.01. The van der Waals surface area contributed by atoms with Gasteiger partial charge in [-0.05, 0) is 6.42 Å². The highest BCUT2D eigenvalue weighted by Gasteiger charge is 2.05. The molecule has 0 amide bonds. The molecule has 1 heterocycles. The second-order valence-corrected chi connectivity index (χ2v) is 2.01. The highest BCUT2D eigenvalue weighted by atomic mass is 16.1. The van der Waals surface area contributed by atoms with Crippen LogP contribution < -0.4 is 0 Å². The Kier molecular flexibility index (Phi) is 2.15. The van der Waals surface area contributed by atoms with E-state index in [1.165, 1.54) is 6.33 Å². The van der Waals surface area contributed by atoms with Crippen LogP contribution in [-0.4, -0.2) is 21.0 Å². The second kappa shape index (κ2) is 3.10. The van der Waals surface area contributed by atoms with Gasteiger partial charge in [-0.25, -0.2) is 4.98 Å². The maximum atomic E-state index is 11.0. The van der Waals surface area contributed by atoms with Crippen LogP contribution >= 0.6 is 0 Å². The molecule has 1 aromatic rings. The van der Waals surface area contributed by atoms with Gasteiger partial charge in [-0.1, -0.05) is 6.92 Å². The van der Waals surface area contributed by atoms with E-state index in [-0.39, 0.29) is 5.78 Å². The van der Waals surface area contributed by atoms with E-state index < -0.39 is 0 Å². The lowest BCUT2D eigenvalue weighted by molar-refractivity contribution is 0.0972. The van der Waals surface area contributed by atoms with E-state index in [0.29, 0.717) is 12.2 Å². The topological polar surface area (TPSA) is 58.6 Å². The molecular weight excluding hydrogens is 130 g/mol. The Hall–Kier alpha value is -1.19. The Morgan fingerprint density at radius 2 is 2.60 bits per heavy atom. The predicted octanol–water partition coefficient (Wildman–Crippen LogP) is 0.787. The summed E-state index contributed by atoms with van der Waals surface area (Å²) in [5.41, 5.74) is 0. The van der Waals surface area contributed by atoms with Crippen molar-refractivity contribution in [1.29, 1.82) is 0 Å². The third-order valence-electron chi connectivity index (χ3n) is 1.16. The summed E-state index contributed by atoms with van der Waals surface area (Å²) in [7, 11) is 0. The van der Waals surface area contributed by atoms with Crippen LogP contribution in [0.5, 0.6) is 0 Å². The molecule has 0 spiro atoms. The summed E-state index contributed by atoms with van der Waals surface area (Å²) in [6.45, 7) is 1.95. The van der Waals surface area contributed by atoms with E-state index >= 15 is 0 Å². The average Bonchev–Trinajstić information content (AvgIpc) is 2.38. The number of aromatic amines is 1. The van der Waals surface area contributed by atoms with Crippen LogP contribution in [0.1, 0.15) is 30.4 Å². The maximum Gasteiger partial charge on any atom is 0.199 e. The van der Waals surface area contributed by atoms with Gasteiger partial charge in [0.2, 0.25) is 0 Å².